The van der Waals surface area contributed by atoms with Crippen LogP contribution in [0.4, 0.5) is 14.6 Å². The molecule has 0 saturated carbocycles. The molecule has 0 atom stereocenters. The Kier molecular flexibility index (Phi) is 7.76. The summed E-state index contributed by atoms with van der Waals surface area (Å²) >= 11 is 0. The number of rotatable bonds is 8. The molecule has 0 unspecified atom stereocenters. The summed E-state index contributed by atoms with van der Waals surface area (Å²) in [6, 6.07) is 12.3. The quantitative estimate of drug-likeness (QED) is 0.463. The van der Waals surface area contributed by atoms with Gasteiger partial charge in [-0.15, -0.1) is 0 Å². The molecular formula is C26H29F2N5O3. The van der Waals surface area contributed by atoms with Gasteiger partial charge >= 0.3 is 5.69 Å². The molecule has 0 amide bonds. The number of benzene rings is 2. The van der Waals surface area contributed by atoms with Crippen LogP contribution in [0.2, 0.25) is 0 Å². The van der Waals surface area contributed by atoms with Crippen molar-refractivity contribution < 1.29 is 13.6 Å². The summed E-state index contributed by atoms with van der Waals surface area (Å²) in [6.45, 7) is 4.41. The molecule has 190 valence electrons. The average molecular weight is 498 g/mol. The minimum Gasteiger partial charge on any atom is -0.384 e. The van der Waals surface area contributed by atoms with Gasteiger partial charge in [0, 0.05) is 32.7 Å². The van der Waals surface area contributed by atoms with E-state index in [9.17, 15) is 23.2 Å². The van der Waals surface area contributed by atoms with Crippen molar-refractivity contribution in [2.75, 3.05) is 38.5 Å². The van der Waals surface area contributed by atoms with E-state index in [0.29, 0.717) is 39.1 Å². The van der Waals surface area contributed by atoms with Gasteiger partial charge in [-0.05, 0) is 41.8 Å². The highest BCUT2D eigenvalue weighted by Gasteiger charge is 2.28. The Morgan fingerprint density at radius 3 is 1.97 bits per heavy atom. The molecule has 0 bridgehead atoms. The van der Waals surface area contributed by atoms with Crippen LogP contribution in [-0.2, 0) is 6.54 Å². The number of nitrogens with two attached hydrogens (primary N) is 1. The van der Waals surface area contributed by atoms with E-state index in [0.717, 1.165) is 11.1 Å². The Bertz CT molecular complexity index is 1280. The van der Waals surface area contributed by atoms with Gasteiger partial charge in [0.1, 0.15) is 23.0 Å². The Balaban J connectivity index is 1.50. The number of aromatic amines is 1. The second-order valence-corrected chi connectivity index (χ2v) is 8.91. The maximum absolute atomic E-state index is 13.6. The number of nitrogens with zero attached hydrogens (tertiary/aromatic N) is 3. The van der Waals surface area contributed by atoms with Crippen molar-refractivity contribution in [2.45, 2.75) is 25.9 Å². The van der Waals surface area contributed by atoms with Gasteiger partial charge in [0.15, 0.2) is 5.78 Å². The highest BCUT2D eigenvalue weighted by molar-refractivity contribution is 6.01. The molecule has 36 heavy (non-hydrogen) atoms. The van der Waals surface area contributed by atoms with E-state index in [1.165, 1.54) is 28.8 Å². The predicted molar refractivity (Wildman–Crippen MR) is 133 cm³/mol. The molecule has 4 rings (SSSR count). The van der Waals surface area contributed by atoms with Gasteiger partial charge in [-0.3, -0.25) is 28.9 Å². The van der Waals surface area contributed by atoms with Crippen LogP contribution >= 0.6 is 0 Å². The SMILES string of the molecule is CCCn1c(N)c(C(=O)CN2CCN(C(c3ccc(F)cc3)c3ccc(F)cc3)CC2)c(=O)[nH]c1=O. The number of halogens is 2. The minimum absolute atomic E-state index is 0.0107. The maximum atomic E-state index is 13.6. The van der Waals surface area contributed by atoms with Gasteiger partial charge in [-0.25, -0.2) is 13.6 Å². The Morgan fingerprint density at radius 2 is 1.47 bits per heavy atom. The van der Waals surface area contributed by atoms with Crippen molar-refractivity contribution >= 4 is 11.6 Å². The fourth-order valence-electron chi connectivity index (χ4n) is 4.67. The summed E-state index contributed by atoms with van der Waals surface area (Å²) in [5.41, 5.74) is 6.19. The van der Waals surface area contributed by atoms with Crippen LogP contribution in [0, 0.1) is 11.6 Å². The highest BCUT2D eigenvalue weighted by atomic mass is 19.1. The van der Waals surface area contributed by atoms with Crippen LogP contribution < -0.4 is 17.0 Å². The predicted octanol–water partition coefficient (Wildman–Crippen LogP) is 2.40. The number of carbonyl (C=O) groups is 1. The van der Waals surface area contributed by atoms with E-state index >= 15 is 0 Å². The summed E-state index contributed by atoms with van der Waals surface area (Å²) < 4.78 is 28.3. The Morgan fingerprint density at radius 1 is 0.944 bits per heavy atom. The number of carbonyl (C=O) groups excluding carboxylic acids is 1. The lowest BCUT2D eigenvalue weighted by Gasteiger charge is -2.39. The van der Waals surface area contributed by atoms with E-state index in [1.807, 2.05) is 11.8 Å². The first-order valence-corrected chi connectivity index (χ1v) is 11.9. The van der Waals surface area contributed by atoms with Crippen molar-refractivity contribution in [1.29, 1.82) is 0 Å². The number of aromatic nitrogens is 2. The standard InChI is InChI=1S/C26H29F2N5O3/c1-2-11-33-24(29)22(25(35)30-26(33)36)21(34)16-31-12-14-32(15-13-31)23(17-3-7-19(27)8-4-17)18-5-9-20(28)10-6-18/h3-10,23H,2,11-16,29H2,1H3,(H,30,35,36). The van der Waals surface area contributed by atoms with Crippen LogP contribution in [0.15, 0.2) is 58.1 Å². The van der Waals surface area contributed by atoms with Gasteiger partial charge in [0.25, 0.3) is 5.56 Å². The first kappa shape index (κ1) is 25.5. The molecular weight excluding hydrogens is 468 g/mol. The monoisotopic (exact) mass is 497 g/mol. The lowest BCUT2D eigenvalue weighted by atomic mass is 9.96. The van der Waals surface area contributed by atoms with Crippen molar-refractivity contribution in [2.24, 2.45) is 0 Å². The normalized spacial score (nSPS) is 14.9. The van der Waals surface area contributed by atoms with Crippen molar-refractivity contribution in [1.82, 2.24) is 19.4 Å². The summed E-state index contributed by atoms with van der Waals surface area (Å²) in [5.74, 6) is -1.22. The third-order valence-corrected chi connectivity index (χ3v) is 6.48. The Labute approximate surface area is 207 Å². The number of hydrogen-bond donors (Lipinski definition) is 2. The van der Waals surface area contributed by atoms with Gasteiger partial charge < -0.3 is 5.73 Å². The number of ketones is 1. The second kappa shape index (κ2) is 11.0. The highest BCUT2D eigenvalue weighted by Crippen LogP contribution is 2.30. The molecule has 3 aromatic rings. The second-order valence-electron chi connectivity index (χ2n) is 8.91. The fourth-order valence-corrected chi connectivity index (χ4v) is 4.67. The Hall–Kier alpha value is -3.63. The lowest BCUT2D eigenvalue weighted by Crippen LogP contribution is -2.49. The van der Waals surface area contributed by atoms with E-state index in [-0.39, 0.29) is 35.6 Å². The number of Topliss-reactive ketones (excluding diaryl/α,β-unsaturated/α-hetero) is 1. The van der Waals surface area contributed by atoms with Crippen molar-refractivity contribution in [3.05, 3.63) is 97.7 Å². The van der Waals surface area contributed by atoms with Crippen LogP contribution in [-0.4, -0.2) is 57.9 Å². The molecule has 10 heteroatoms. The number of nitrogens with one attached hydrogen (secondary N) is 1. The van der Waals surface area contributed by atoms with Gasteiger partial charge in [0.05, 0.1) is 12.6 Å². The molecule has 2 heterocycles. The van der Waals surface area contributed by atoms with Crippen LogP contribution in [0.5, 0.6) is 0 Å². The average Bonchev–Trinajstić information content (AvgIpc) is 2.85. The zero-order valence-corrected chi connectivity index (χ0v) is 20.0. The summed E-state index contributed by atoms with van der Waals surface area (Å²) in [5, 5.41) is 0. The molecule has 3 N–H and O–H groups in total. The zero-order valence-electron chi connectivity index (χ0n) is 20.0. The molecule has 0 radical (unpaired) electrons. The van der Waals surface area contributed by atoms with Crippen LogP contribution in [0.3, 0.4) is 0 Å². The maximum Gasteiger partial charge on any atom is 0.329 e. The topological polar surface area (TPSA) is 104 Å². The largest absolute Gasteiger partial charge is 0.384 e. The van der Waals surface area contributed by atoms with Gasteiger partial charge in [-0.1, -0.05) is 31.2 Å². The third-order valence-electron chi connectivity index (χ3n) is 6.48. The minimum atomic E-state index is -0.777. The molecule has 1 aromatic heterocycles. The van der Waals surface area contributed by atoms with Crippen LogP contribution in [0.1, 0.15) is 40.9 Å². The number of piperazine rings is 1. The van der Waals surface area contributed by atoms with E-state index < -0.39 is 17.0 Å². The molecule has 8 nitrogen and oxygen atoms in total. The molecule has 0 aliphatic carbocycles. The molecule has 0 spiro atoms. The van der Waals surface area contributed by atoms with E-state index in [1.54, 1.807) is 24.3 Å². The van der Waals surface area contributed by atoms with Gasteiger partial charge in [-0.2, -0.15) is 0 Å². The first-order chi connectivity index (χ1) is 17.3. The smallest absolute Gasteiger partial charge is 0.329 e. The summed E-state index contributed by atoms with van der Waals surface area (Å²) in [4.78, 5) is 43.7. The van der Waals surface area contributed by atoms with E-state index in [4.69, 9.17) is 5.73 Å². The first-order valence-electron chi connectivity index (χ1n) is 11.9. The molecule has 1 saturated heterocycles. The number of nitrogen functional groups attached to an aromatic ring is 1. The number of H-pyrrole nitrogens is 1. The van der Waals surface area contributed by atoms with Crippen molar-refractivity contribution in [3.63, 3.8) is 0 Å². The van der Waals surface area contributed by atoms with Crippen LogP contribution in [0.25, 0.3) is 0 Å². The number of hydrogen-bond acceptors (Lipinski definition) is 6. The fraction of sp³-hybridized carbons (Fsp3) is 0.346. The summed E-state index contributed by atoms with van der Waals surface area (Å²) in [7, 11) is 0. The summed E-state index contributed by atoms with van der Waals surface area (Å²) in [6.07, 6.45) is 0.620. The molecule has 1 fully saturated rings. The van der Waals surface area contributed by atoms with Crippen molar-refractivity contribution in [3.8, 4) is 0 Å². The lowest BCUT2D eigenvalue weighted by molar-refractivity contribution is 0.0806. The van der Waals surface area contributed by atoms with Gasteiger partial charge in [0.2, 0.25) is 0 Å². The zero-order chi connectivity index (χ0) is 25.8. The number of anilines is 1. The van der Waals surface area contributed by atoms with E-state index in [2.05, 4.69) is 9.88 Å². The third kappa shape index (κ3) is 5.44. The molecule has 1 aliphatic rings. The molecule has 1 aliphatic heterocycles. The molecule has 2 aromatic carbocycles.